The number of piperidine rings is 1. The fourth-order valence-electron chi connectivity index (χ4n) is 3.89. The zero-order valence-corrected chi connectivity index (χ0v) is 15.1. The topological polar surface area (TPSA) is 53.0 Å². The molecule has 0 aromatic heterocycles. The van der Waals surface area contributed by atoms with E-state index in [4.69, 9.17) is 4.84 Å². The first-order valence-electron chi connectivity index (χ1n) is 9.32. The van der Waals surface area contributed by atoms with Gasteiger partial charge in [-0.1, -0.05) is 24.3 Å². The highest BCUT2D eigenvalue weighted by atomic mass is 19.1. The van der Waals surface area contributed by atoms with Gasteiger partial charge in [0.05, 0.1) is 13.2 Å². The number of phenolic OH excluding ortho intramolecular Hbond substituents is 1. The molecule has 2 aliphatic heterocycles. The van der Waals surface area contributed by atoms with Gasteiger partial charge in [-0.05, 0) is 67.2 Å². The lowest BCUT2D eigenvalue weighted by Crippen LogP contribution is -2.46. The van der Waals surface area contributed by atoms with Crippen molar-refractivity contribution < 1.29 is 19.1 Å². The number of carbonyl (C=O) groups excluding carboxylic acids is 1. The van der Waals surface area contributed by atoms with Gasteiger partial charge in [0.2, 0.25) is 0 Å². The smallest absolute Gasteiger partial charge is 0.266 e. The van der Waals surface area contributed by atoms with Crippen LogP contribution in [0, 0.1) is 5.82 Å². The largest absolute Gasteiger partial charge is 0.508 e. The third-order valence-electron chi connectivity index (χ3n) is 5.49. The van der Waals surface area contributed by atoms with E-state index < -0.39 is 0 Å². The molecular formula is C21H23FN2O3. The molecular weight excluding hydrogens is 347 g/mol. The van der Waals surface area contributed by atoms with Gasteiger partial charge >= 0.3 is 0 Å². The van der Waals surface area contributed by atoms with Crippen LogP contribution in [0.2, 0.25) is 0 Å². The second-order valence-electron chi connectivity index (χ2n) is 7.21. The van der Waals surface area contributed by atoms with Crippen LogP contribution in [-0.2, 0) is 16.2 Å². The lowest BCUT2D eigenvalue weighted by atomic mass is 9.89. The Balaban J connectivity index is 1.33. The molecule has 2 aliphatic rings. The van der Waals surface area contributed by atoms with Crippen molar-refractivity contribution >= 4 is 5.91 Å². The molecule has 1 atom stereocenters. The quantitative estimate of drug-likeness (QED) is 0.899. The van der Waals surface area contributed by atoms with Crippen LogP contribution in [0.15, 0.2) is 48.5 Å². The number of carbonyl (C=O) groups is 1. The second-order valence-corrected chi connectivity index (χ2v) is 7.21. The number of aromatic hydroxyl groups is 1. The fraction of sp³-hybridized carbons (Fsp3) is 0.381. The minimum Gasteiger partial charge on any atom is -0.508 e. The Kier molecular flexibility index (Phi) is 5.09. The second kappa shape index (κ2) is 7.66. The summed E-state index contributed by atoms with van der Waals surface area (Å²) in [6.07, 6.45) is 1.96. The molecule has 27 heavy (non-hydrogen) atoms. The molecule has 1 N–H and O–H groups in total. The van der Waals surface area contributed by atoms with Crippen molar-refractivity contribution in [2.45, 2.75) is 31.3 Å². The Labute approximate surface area is 157 Å². The van der Waals surface area contributed by atoms with Crippen molar-refractivity contribution in [3.8, 4) is 5.75 Å². The molecule has 2 fully saturated rings. The lowest BCUT2D eigenvalue weighted by molar-refractivity contribution is -0.164. The maximum absolute atomic E-state index is 13.0. The van der Waals surface area contributed by atoms with Crippen LogP contribution in [0.25, 0.3) is 0 Å². The molecule has 0 radical (unpaired) electrons. The molecule has 2 aromatic rings. The third kappa shape index (κ3) is 3.96. The molecule has 0 bridgehead atoms. The average Bonchev–Trinajstić information content (AvgIpc) is 3.05. The highest BCUT2D eigenvalue weighted by Crippen LogP contribution is 2.31. The molecule has 0 saturated carbocycles. The van der Waals surface area contributed by atoms with E-state index in [1.807, 2.05) is 12.1 Å². The predicted octanol–water partition coefficient (Wildman–Crippen LogP) is 3.05. The van der Waals surface area contributed by atoms with Crippen molar-refractivity contribution in [2.24, 2.45) is 0 Å². The highest BCUT2D eigenvalue weighted by molar-refractivity contribution is 5.82. The number of halogens is 1. The van der Waals surface area contributed by atoms with Crippen LogP contribution in [0.5, 0.6) is 5.75 Å². The van der Waals surface area contributed by atoms with Crippen molar-refractivity contribution in [3.63, 3.8) is 0 Å². The van der Waals surface area contributed by atoms with E-state index >= 15 is 0 Å². The molecule has 5 nitrogen and oxygen atoms in total. The third-order valence-corrected chi connectivity index (χ3v) is 5.49. The number of benzene rings is 2. The van der Waals surface area contributed by atoms with E-state index in [1.165, 1.54) is 22.8 Å². The highest BCUT2D eigenvalue weighted by Gasteiger charge is 2.38. The van der Waals surface area contributed by atoms with Crippen LogP contribution >= 0.6 is 0 Å². The molecule has 1 unspecified atom stereocenters. The number of hydroxylamine groups is 2. The summed E-state index contributed by atoms with van der Waals surface area (Å²) in [6.45, 7) is 2.38. The van der Waals surface area contributed by atoms with Gasteiger partial charge in [0.25, 0.3) is 5.91 Å². The summed E-state index contributed by atoms with van der Waals surface area (Å²) in [4.78, 5) is 20.5. The number of rotatable bonds is 4. The molecule has 0 spiro atoms. The van der Waals surface area contributed by atoms with Crippen molar-refractivity contribution in [3.05, 3.63) is 65.5 Å². The molecule has 6 heteroatoms. The Bertz CT molecular complexity index is 786. The summed E-state index contributed by atoms with van der Waals surface area (Å²) in [5, 5.41) is 10.8. The summed E-state index contributed by atoms with van der Waals surface area (Å²) in [7, 11) is 0. The molecule has 0 aliphatic carbocycles. The number of hydrogen-bond donors (Lipinski definition) is 1. The summed E-state index contributed by atoms with van der Waals surface area (Å²) >= 11 is 0. The van der Waals surface area contributed by atoms with Crippen LogP contribution < -0.4 is 0 Å². The lowest BCUT2D eigenvalue weighted by Gasteiger charge is -2.34. The van der Waals surface area contributed by atoms with Crippen LogP contribution in [-0.4, -0.2) is 46.7 Å². The van der Waals surface area contributed by atoms with Gasteiger partial charge in [-0.25, -0.2) is 9.45 Å². The molecule has 1 amide bonds. The standard InChI is InChI=1S/C21H23FN2O3/c22-18-5-1-15(2-6-18)13-24-21(26)20(14-27-24)23-11-9-17(10-12-23)16-3-7-19(25)8-4-16/h1-8,17,20,25H,9-14H2. The SMILES string of the molecule is O=C1C(N2CCC(c3ccc(O)cc3)CC2)CON1Cc1ccc(F)cc1. The van der Waals surface area contributed by atoms with E-state index in [2.05, 4.69) is 4.90 Å². The number of amides is 1. The zero-order chi connectivity index (χ0) is 18.8. The first-order valence-corrected chi connectivity index (χ1v) is 9.32. The summed E-state index contributed by atoms with van der Waals surface area (Å²) < 4.78 is 13.0. The first-order chi connectivity index (χ1) is 13.1. The fourth-order valence-corrected chi connectivity index (χ4v) is 3.89. The number of hydrogen-bond acceptors (Lipinski definition) is 4. The maximum Gasteiger partial charge on any atom is 0.266 e. The van der Waals surface area contributed by atoms with E-state index in [0.29, 0.717) is 19.1 Å². The van der Waals surface area contributed by atoms with Gasteiger partial charge in [-0.2, -0.15) is 0 Å². The van der Waals surface area contributed by atoms with Gasteiger partial charge in [-0.3, -0.25) is 14.5 Å². The monoisotopic (exact) mass is 370 g/mol. The van der Waals surface area contributed by atoms with Gasteiger partial charge < -0.3 is 5.11 Å². The van der Waals surface area contributed by atoms with Crippen molar-refractivity contribution in [1.29, 1.82) is 0 Å². The van der Waals surface area contributed by atoms with Crippen molar-refractivity contribution in [2.75, 3.05) is 19.7 Å². The maximum atomic E-state index is 13.0. The Hall–Kier alpha value is -2.44. The molecule has 2 aromatic carbocycles. The van der Waals surface area contributed by atoms with Crippen molar-refractivity contribution in [1.82, 2.24) is 9.96 Å². The zero-order valence-electron chi connectivity index (χ0n) is 15.1. The average molecular weight is 370 g/mol. The van der Waals surface area contributed by atoms with Gasteiger partial charge in [0.1, 0.15) is 17.6 Å². The summed E-state index contributed by atoms with van der Waals surface area (Å²) in [5.74, 6) is 0.421. The number of nitrogens with zero attached hydrogens (tertiary/aromatic N) is 2. The van der Waals surface area contributed by atoms with Gasteiger partial charge in [0.15, 0.2) is 0 Å². The first kappa shape index (κ1) is 17.9. The normalized spacial score (nSPS) is 21.7. The minimum atomic E-state index is -0.290. The number of likely N-dealkylation sites (tertiary alicyclic amines) is 1. The minimum absolute atomic E-state index is 0.0255. The van der Waals surface area contributed by atoms with E-state index in [0.717, 1.165) is 31.5 Å². The van der Waals surface area contributed by atoms with E-state index in [9.17, 15) is 14.3 Å². The summed E-state index contributed by atoms with van der Waals surface area (Å²) in [5.41, 5.74) is 2.08. The van der Waals surface area contributed by atoms with Crippen LogP contribution in [0.3, 0.4) is 0 Å². The Morgan fingerprint density at radius 1 is 1.04 bits per heavy atom. The molecule has 4 rings (SSSR count). The van der Waals surface area contributed by atoms with Gasteiger partial charge in [0, 0.05) is 0 Å². The Morgan fingerprint density at radius 3 is 2.37 bits per heavy atom. The van der Waals surface area contributed by atoms with Crippen LogP contribution in [0.1, 0.15) is 29.9 Å². The predicted molar refractivity (Wildman–Crippen MR) is 98.3 cm³/mol. The molecule has 142 valence electrons. The molecule has 2 saturated heterocycles. The van der Waals surface area contributed by atoms with E-state index in [1.54, 1.807) is 24.3 Å². The summed E-state index contributed by atoms with van der Waals surface area (Å²) in [6, 6.07) is 13.3. The Morgan fingerprint density at radius 2 is 1.70 bits per heavy atom. The van der Waals surface area contributed by atoms with E-state index in [-0.39, 0.29) is 23.5 Å². The molecule has 2 heterocycles. The van der Waals surface area contributed by atoms with Crippen LogP contribution in [0.4, 0.5) is 4.39 Å². The number of phenols is 1. The van der Waals surface area contributed by atoms with Gasteiger partial charge in [-0.15, -0.1) is 0 Å².